The molecule has 2 amide bonds. The molecule has 184 valence electrons. The summed E-state index contributed by atoms with van der Waals surface area (Å²) in [5.74, 6) is -0.158. The molecule has 3 aromatic carbocycles. The average molecular weight is 505 g/mol. The maximum Gasteiger partial charge on any atom is 0.429 e. The molecule has 5 rings (SSSR count). The molecular formula is C28H25ClN2O5. The van der Waals surface area contributed by atoms with Crippen LogP contribution >= 0.6 is 11.6 Å². The highest BCUT2D eigenvalue weighted by atomic mass is 35.5. The molecule has 0 bridgehead atoms. The Bertz CT molecular complexity index is 1240. The van der Waals surface area contributed by atoms with Crippen LogP contribution in [0.1, 0.15) is 35.4 Å². The van der Waals surface area contributed by atoms with Gasteiger partial charge in [0.15, 0.2) is 0 Å². The van der Waals surface area contributed by atoms with Crippen LogP contribution in [0.25, 0.3) is 11.1 Å². The molecule has 1 aliphatic carbocycles. The predicted octanol–water partition coefficient (Wildman–Crippen LogP) is 5.72. The molecule has 2 aliphatic rings. The smallest absolute Gasteiger partial charge is 0.429 e. The van der Waals surface area contributed by atoms with Crippen LogP contribution in [0, 0.1) is 0 Å². The number of carbonyl (C=O) groups is 3. The topological polar surface area (TPSA) is 76.2 Å². The van der Waals surface area contributed by atoms with E-state index >= 15 is 0 Å². The molecule has 0 radical (unpaired) electrons. The first kappa shape index (κ1) is 23.9. The van der Waals surface area contributed by atoms with E-state index in [4.69, 9.17) is 21.1 Å². The van der Waals surface area contributed by atoms with Gasteiger partial charge >= 0.3 is 12.2 Å². The van der Waals surface area contributed by atoms with Gasteiger partial charge in [-0.25, -0.2) is 19.6 Å². The lowest BCUT2D eigenvalue weighted by Gasteiger charge is -2.40. The Hall–Kier alpha value is -3.84. The van der Waals surface area contributed by atoms with Crippen molar-refractivity contribution in [3.63, 3.8) is 0 Å². The average Bonchev–Trinajstić information content (AvgIpc) is 3.24. The Balaban J connectivity index is 1.33. The lowest BCUT2D eigenvalue weighted by molar-refractivity contribution is -0.126. The van der Waals surface area contributed by atoms with E-state index in [-0.39, 0.29) is 25.7 Å². The van der Waals surface area contributed by atoms with Crippen LogP contribution in [0.3, 0.4) is 0 Å². The summed E-state index contributed by atoms with van der Waals surface area (Å²) >= 11 is 5.83. The van der Waals surface area contributed by atoms with Crippen LogP contribution in [0.5, 0.6) is 0 Å². The van der Waals surface area contributed by atoms with Crippen molar-refractivity contribution in [3.05, 3.63) is 95.6 Å². The second-order valence-electron chi connectivity index (χ2n) is 8.77. The molecule has 1 atom stereocenters. The number of rotatable bonds is 5. The van der Waals surface area contributed by atoms with Crippen molar-refractivity contribution in [2.75, 3.05) is 13.2 Å². The van der Waals surface area contributed by atoms with E-state index in [0.717, 1.165) is 37.8 Å². The SMILES string of the molecule is O=C(Cl)[C@H]1CCCN(C(=O)OCc2ccccc2)N1C(=O)OCC1c2ccccc2-c2ccccc21. The van der Waals surface area contributed by atoms with Gasteiger partial charge in [-0.3, -0.25) is 4.79 Å². The molecule has 0 unspecified atom stereocenters. The van der Waals surface area contributed by atoms with Gasteiger partial charge in [0, 0.05) is 12.5 Å². The number of hydrogen-bond acceptors (Lipinski definition) is 5. The van der Waals surface area contributed by atoms with Crippen molar-refractivity contribution < 1.29 is 23.9 Å². The van der Waals surface area contributed by atoms with Gasteiger partial charge in [-0.2, -0.15) is 0 Å². The number of amides is 2. The number of carbonyl (C=O) groups excluding carboxylic acids is 3. The number of ether oxygens (including phenoxy) is 2. The third kappa shape index (κ3) is 4.66. The third-order valence-electron chi connectivity index (χ3n) is 6.60. The first-order valence-corrected chi connectivity index (χ1v) is 12.2. The van der Waals surface area contributed by atoms with Gasteiger partial charge in [0.2, 0.25) is 5.24 Å². The number of fused-ring (bicyclic) bond motifs is 3. The fourth-order valence-electron chi connectivity index (χ4n) is 4.90. The summed E-state index contributed by atoms with van der Waals surface area (Å²) in [5, 5.41) is 1.40. The van der Waals surface area contributed by atoms with E-state index in [1.54, 1.807) is 0 Å². The lowest BCUT2D eigenvalue weighted by Crippen LogP contribution is -2.59. The zero-order chi connectivity index (χ0) is 25.1. The maximum absolute atomic E-state index is 13.3. The van der Waals surface area contributed by atoms with Gasteiger partial charge in [0.05, 0.1) is 0 Å². The van der Waals surface area contributed by atoms with Crippen LogP contribution in [-0.2, 0) is 20.9 Å². The predicted molar refractivity (Wildman–Crippen MR) is 134 cm³/mol. The Morgan fingerprint density at radius 2 is 1.42 bits per heavy atom. The standard InChI is InChI=1S/C28H25ClN2O5/c29-26(32)25-15-8-16-30(27(33)35-17-19-9-2-1-3-10-19)31(25)28(34)36-18-24-22-13-6-4-11-20(22)21-12-5-7-14-23(21)24/h1-7,9-14,24-25H,8,15-18H2/t25-/m1/s1. The minimum absolute atomic E-state index is 0.0359. The van der Waals surface area contributed by atoms with Crippen molar-refractivity contribution >= 4 is 29.0 Å². The number of hydrogen-bond donors (Lipinski definition) is 0. The minimum Gasteiger partial charge on any atom is -0.447 e. The van der Waals surface area contributed by atoms with Gasteiger partial charge in [-0.1, -0.05) is 78.9 Å². The highest BCUT2D eigenvalue weighted by Crippen LogP contribution is 2.44. The Labute approximate surface area is 214 Å². The molecular weight excluding hydrogens is 480 g/mol. The van der Waals surface area contributed by atoms with Crippen molar-refractivity contribution in [1.82, 2.24) is 10.0 Å². The van der Waals surface area contributed by atoms with E-state index in [1.165, 1.54) is 0 Å². The highest BCUT2D eigenvalue weighted by Gasteiger charge is 2.41. The molecule has 0 spiro atoms. The van der Waals surface area contributed by atoms with Crippen LogP contribution in [0.4, 0.5) is 9.59 Å². The van der Waals surface area contributed by atoms with Crippen molar-refractivity contribution in [3.8, 4) is 11.1 Å². The largest absolute Gasteiger partial charge is 0.447 e. The van der Waals surface area contributed by atoms with Crippen LogP contribution in [-0.4, -0.2) is 46.6 Å². The molecule has 0 aromatic heterocycles. The molecule has 3 aromatic rings. The first-order chi connectivity index (χ1) is 17.5. The first-order valence-electron chi connectivity index (χ1n) is 11.9. The van der Waals surface area contributed by atoms with E-state index in [9.17, 15) is 14.4 Å². The summed E-state index contributed by atoms with van der Waals surface area (Å²) < 4.78 is 11.2. The molecule has 1 heterocycles. The van der Waals surface area contributed by atoms with E-state index in [0.29, 0.717) is 12.8 Å². The molecule has 36 heavy (non-hydrogen) atoms. The minimum atomic E-state index is -1.01. The van der Waals surface area contributed by atoms with Crippen LogP contribution in [0.2, 0.25) is 0 Å². The summed E-state index contributed by atoms with van der Waals surface area (Å²) in [7, 11) is 0. The molecule has 1 saturated heterocycles. The Morgan fingerprint density at radius 1 is 0.806 bits per heavy atom. The van der Waals surface area contributed by atoms with E-state index < -0.39 is 23.5 Å². The van der Waals surface area contributed by atoms with Crippen LogP contribution < -0.4 is 0 Å². The summed E-state index contributed by atoms with van der Waals surface area (Å²) in [6.07, 6.45) is -0.728. The molecule has 1 fully saturated rings. The fraction of sp³-hybridized carbons (Fsp3) is 0.250. The summed E-state index contributed by atoms with van der Waals surface area (Å²) in [5.41, 5.74) is 5.14. The normalized spacial score (nSPS) is 16.8. The van der Waals surface area contributed by atoms with Gasteiger partial charge in [0.25, 0.3) is 0 Å². The second-order valence-corrected chi connectivity index (χ2v) is 9.15. The zero-order valence-corrected chi connectivity index (χ0v) is 20.3. The van der Waals surface area contributed by atoms with Gasteiger partial charge in [0.1, 0.15) is 19.3 Å². The number of hydrazine groups is 1. The van der Waals surface area contributed by atoms with Gasteiger partial charge in [-0.15, -0.1) is 0 Å². The fourth-order valence-corrected chi connectivity index (χ4v) is 5.10. The number of halogens is 1. The molecule has 1 aliphatic heterocycles. The lowest BCUT2D eigenvalue weighted by atomic mass is 9.98. The van der Waals surface area contributed by atoms with Crippen LogP contribution in [0.15, 0.2) is 78.9 Å². The zero-order valence-electron chi connectivity index (χ0n) is 19.5. The molecule has 0 saturated carbocycles. The summed E-state index contributed by atoms with van der Waals surface area (Å²) in [4.78, 5) is 38.5. The number of nitrogens with zero attached hydrogens (tertiary/aromatic N) is 2. The van der Waals surface area contributed by atoms with E-state index in [2.05, 4.69) is 0 Å². The summed E-state index contributed by atoms with van der Waals surface area (Å²) in [6, 6.07) is 24.2. The van der Waals surface area contributed by atoms with Crippen molar-refractivity contribution in [2.45, 2.75) is 31.4 Å². The number of benzene rings is 3. The Morgan fingerprint density at radius 3 is 2.06 bits per heavy atom. The van der Waals surface area contributed by atoms with E-state index in [1.807, 2.05) is 78.9 Å². The third-order valence-corrected chi connectivity index (χ3v) is 6.86. The quantitative estimate of drug-likeness (QED) is 0.415. The molecule has 0 N–H and O–H groups in total. The monoisotopic (exact) mass is 504 g/mol. The molecule has 7 nitrogen and oxygen atoms in total. The van der Waals surface area contributed by atoms with Gasteiger partial charge in [-0.05, 0) is 52.3 Å². The van der Waals surface area contributed by atoms with Crippen molar-refractivity contribution in [2.24, 2.45) is 0 Å². The maximum atomic E-state index is 13.3. The molecule has 8 heteroatoms. The summed E-state index contributed by atoms with van der Waals surface area (Å²) in [6.45, 7) is 0.298. The Kier molecular flexibility index (Phi) is 6.91. The highest BCUT2D eigenvalue weighted by molar-refractivity contribution is 6.64. The second kappa shape index (κ2) is 10.4. The van der Waals surface area contributed by atoms with Gasteiger partial charge < -0.3 is 9.47 Å². The van der Waals surface area contributed by atoms with Crippen molar-refractivity contribution in [1.29, 1.82) is 0 Å².